The lowest BCUT2D eigenvalue weighted by atomic mass is 9.87. The van der Waals surface area contributed by atoms with Crippen LogP contribution in [-0.2, 0) is 45.4 Å². The zero-order chi connectivity index (χ0) is 48.0. The Hall–Kier alpha value is -3.21. The Morgan fingerprint density at radius 2 is 0.712 bits per heavy atom. The topological polar surface area (TPSA) is 122 Å². The van der Waals surface area contributed by atoms with Crippen molar-refractivity contribution in [2.24, 2.45) is 0 Å². The fourth-order valence-electron chi connectivity index (χ4n) is 6.86. The molecule has 2 heterocycles. The molecule has 0 radical (unpaired) electrons. The Labute approximate surface area is 409 Å². The fourth-order valence-corrected chi connectivity index (χ4v) is 11.5. The molecule has 0 saturated carbocycles. The van der Waals surface area contributed by atoms with Gasteiger partial charge in [-0.05, 0) is 92.4 Å². The smallest absolute Gasteiger partial charge is 0.341 e. The molecule has 0 saturated heterocycles. The van der Waals surface area contributed by atoms with Crippen LogP contribution in [0.15, 0.2) is 87.7 Å². The molecule has 2 N–H and O–H groups in total. The number of hydrogen-bond donors (Lipinski definition) is 2. The van der Waals surface area contributed by atoms with Gasteiger partial charge in [0.25, 0.3) is 0 Å². The van der Waals surface area contributed by atoms with Gasteiger partial charge in [-0.1, -0.05) is 130 Å². The molecule has 66 heavy (non-hydrogen) atoms. The second kappa shape index (κ2) is 22.0. The monoisotopic (exact) mass is 980 g/mol. The van der Waals surface area contributed by atoms with E-state index in [1.165, 1.54) is 47.0 Å². The minimum absolute atomic E-state index is 0.161. The summed E-state index contributed by atoms with van der Waals surface area (Å²) in [6.07, 6.45) is 0. The molecule has 0 unspecified atom stereocenters. The van der Waals surface area contributed by atoms with Crippen LogP contribution >= 0.6 is 47.0 Å². The fraction of sp³-hybridized carbons (Fsp3) is 0.519. The number of fused-ring (bicyclic) bond motifs is 2. The molecule has 0 aromatic heterocycles. The highest BCUT2D eigenvalue weighted by Gasteiger charge is 2.30. The molecule has 0 fully saturated rings. The molecule has 360 valence electrons. The number of carboxylic acids is 1. The normalized spacial score (nSPS) is 16.5. The van der Waals surface area contributed by atoms with Gasteiger partial charge in [0.2, 0.25) is 0 Å². The van der Waals surface area contributed by atoms with E-state index in [4.69, 9.17) is 33.2 Å². The molecule has 4 aromatic carbocycles. The highest BCUT2D eigenvalue weighted by molar-refractivity contribution is 8.01. The Balaban J connectivity index is 1.72. The summed E-state index contributed by atoms with van der Waals surface area (Å²) >= 11 is 5.91. The summed E-state index contributed by atoms with van der Waals surface area (Å²) in [6.45, 7) is 29.2. The maximum absolute atomic E-state index is 12.5. The number of aliphatic carboxylic acids is 1. The van der Waals surface area contributed by atoms with Crippen molar-refractivity contribution in [3.63, 3.8) is 0 Å². The van der Waals surface area contributed by atoms with E-state index in [0.717, 1.165) is 51.6 Å². The molecule has 2 aliphatic heterocycles. The van der Waals surface area contributed by atoms with Gasteiger partial charge in [0.15, 0.2) is 6.61 Å². The summed E-state index contributed by atoms with van der Waals surface area (Å²) in [7, 11) is 0. The Morgan fingerprint density at radius 3 is 1.00 bits per heavy atom. The van der Waals surface area contributed by atoms with Crippen LogP contribution in [0.5, 0.6) is 23.0 Å². The number of aromatic hydroxyl groups is 1. The van der Waals surface area contributed by atoms with E-state index in [2.05, 4.69) is 132 Å². The number of hydrogen-bond acceptors (Lipinski definition) is 13. The molecule has 10 nitrogen and oxygen atoms in total. The predicted molar refractivity (Wildman–Crippen MR) is 266 cm³/mol. The van der Waals surface area contributed by atoms with Gasteiger partial charge < -0.3 is 43.4 Å². The van der Waals surface area contributed by atoms with Gasteiger partial charge in [0.05, 0.1) is 92.0 Å². The lowest BCUT2D eigenvalue weighted by Crippen LogP contribution is -2.15. The zero-order valence-electron chi connectivity index (χ0n) is 40.7. The number of rotatable bonds is 3. The van der Waals surface area contributed by atoms with Crippen molar-refractivity contribution in [1.29, 1.82) is 0 Å². The van der Waals surface area contributed by atoms with Crippen molar-refractivity contribution in [2.45, 2.75) is 144 Å². The second-order valence-electron chi connectivity index (χ2n) is 20.5. The van der Waals surface area contributed by atoms with E-state index in [9.17, 15) is 15.0 Å². The molecule has 4 aromatic rings. The Kier molecular flexibility index (Phi) is 17.4. The maximum atomic E-state index is 12.5. The van der Waals surface area contributed by atoms with E-state index < -0.39 is 12.6 Å². The van der Waals surface area contributed by atoms with E-state index in [1.807, 2.05) is 0 Å². The molecular formula is C52H68O10S4. The third kappa shape index (κ3) is 14.0. The molecule has 10 bridgehead atoms. The van der Waals surface area contributed by atoms with Crippen LogP contribution in [0, 0.1) is 0 Å². The van der Waals surface area contributed by atoms with Gasteiger partial charge in [0.1, 0.15) is 36.2 Å². The van der Waals surface area contributed by atoms with E-state index in [0.29, 0.717) is 79.9 Å². The lowest BCUT2D eigenvalue weighted by Gasteiger charge is -2.28. The molecule has 2 aliphatic rings. The minimum Gasteiger partial charge on any atom is -0.506 e. The molecule has 0 atom stereocenters. The zero-order valence-corrected chi connectivity index (χ0v) is 44.0. The van der Waals surface area contributed by atoms with Crippen molar-refractivity contribution in [3.8, 4) is 23.0 Å². The van der Waals surface area contributed by atoms with Crippen molar-refractivity contribution in [3.05, 3.63) is 70.8 Å². The van der Waals surface area contributed by atoms with Crippen LogP contribution in [0.4, 0.5) is 0 Å². The second-order valence-corrected chi connectivity index (χ2v) is 24.8. The summed E-state index contributed by atoms with van der Waals surface area (Å²) in [4.78, 5) is 18.5. The number of ether oxygens (including phenoxy) is 7. The van der Waals surface area contributed by atoms with E-state index in [-0.39, 0.29) is 40.6 Å². The third-order valence-corrected chi connectivity index (χ3v) is 15.1. The van der Waals surface area contributed by atoms with Gasteiger partial charge >= 0.3 is 5.97 Å². The Bertz CT molecular complexity index is 2200. The van der Waals surface area contributed by atoms with E-state index in [1.54, 1.807) is 0 Å². The number of phenolic OH excluding ortho intramolecular Hbond substituents is 1. The van der Waals surface area contributed by atoms with Crippen LogP contribution in [0.1, 0.15) is 105 Å². The van der Waals surface area contributed by atoms with Crippen LogP contribution < -0.4 is 14.2 Å². The summed E-state index contributed by atoms with van der Waals surface area (Å²) in [5, 5.41) is 22.6. The molecule has 0 amide bonds. The predicted octanol–water partition coefficient (Wildman–Crippen LogP) is 12.8. The van der Waals surface area contributed by atoms with Gasteiger partial charge in [-0.2, -0.15) is 0 Å². The largest absolute Gasteiger partial charge is 0.506 e. The molecule has 14 heteroatoms. The standard InChI is InChI=1S/C52H68O10S4/c1-49(2,3)32-23-36-45(55)37(24-32)64-39-26-34(51(7,8)9)28-41-47(39)61-22-20-59-18-16-57-14-13-56-15-17-58-19-21-60-46-38(63-36)25-33(50(4,5)6)27-40(46)65-42-29-35(52(10,11)12)30-43(66-41)48(42)62-31-44(53)54/h23-30,55H,13-22,31H2,1-12H3,(H,53,54). The van der Waals surface area contributed by atoms with Crippen LogP contribution in [0.25, 0.3) is 0 Å². The molecular weight excluding hydrogens is 913 g/mol. The number of phenols is 1. The summed E-state index contributed by atoms with van der Waals surface area (Å²) in [5.74, 6) is 0.777. The van der Waals surface area contributed by atoms with Gasteiger partial charge in [0, 0.05) is 0 Å². The van der Waals surface area contributed by atoms with Crippen LogP contribution in [-0.4, -0.2) is 88.9 Å². The van der Waals surface area contributed by atoms with Crippen molar-refractivity contribution < 1.29 is 48.2 Å². The maximum Gasteiger partial charge on any atom is 0.341 e. The van der Waals surface area contributed by atoms with Crippen LogP contribution in [0.3, 0.4) is 0 Å². The summed E-state index contributed by atoms with van der Waals surface area (Å²) in [6, 6.07) is 17.0. The van der Waals surface area contributed by atoms with Crippen molar-refractivity contribution in [1.82, 2.24) is 0 Å². The highest BCUT2D eigenvalue weighted by atomic mass is 32.2. The molecule has 6 rings (SSSR count). The van der Waals surface area contributed by atoms with Crippen LogP contribution in [0.2, 0.25) is 0 Å². The number of carboxylic acid groups (broad SMARTS) is 1. The van der Waals surface area contributed by atoms with Gasteiger partial charge in [-0.15, -0.1) is 0 Å². The molecule has 0 aliphatic carbocycles. The lowest BCUT2D eigenvalue weighted by molar-refractivity contribution is -0.139. The van der Waals surface area contributed by atoms with Gasteiger partial charge in [-0.25, -0.2) is 4.79 Å². The quantitative estimate of drug-likeness (QED) is 0.178. The first-order valence-corrected chi connectivity index (χ1v) is 25.8. The summed E-state index contributed by atoms with van der Waals surface area (Å²) < 4.78 is 43.5. The number of carbonyl (C=O) groups is 1. The first kappa shape index (κ1) is 52.2. The van der Waals surface area contributed by atoms with Crippen molar-refractivity contribution in [2.75, 3.05) is 72.7 Å². The van der Waals surface area contributed by atoms with Gasteiger partial charge in [-0.3, -0.25) is 0 Å². The average molecular weight is 981 g/mol. The SMILES string of the molecule is CC(C)(C)c1cc2c(O)c(c1)Sc1cc(C(C)(C)C)cc3c1OCCOCCOCCOCCOCCOc1c(cc(C(C)(C)C)cc1Sc1cc(C(C)(C)C)cc(c1OCC(=O)O)S3)S2. The Morgan fingerprint density at radius 1 is 0.455 bits per heavy atom. The summed E-state index contributed by atoms with van der Waals surface area (Å²) in [5.41, 5.74) is 3.12. The van der Waals surface area contributed by atoms with Crippen molar-refractivity contribution >= 4 is 53.0 Å². The highest BCUT2D eigenvalue weighted by Crippen LogP contribution is 2.56. The first-order chi connectivity index (χ1) is 31.0. The first-order valence-electron chi connectivity index (χ1n) is 22.5. The number of benzene rings is 4. The third-order valence-electron chi connectivity index (χ3n) is 10.9. The minimum atomic E-state index is -1.08. The average Bonchev–Trinajstić information content (AvgIpc) is 3.20. The molecule has 0 spiro atoms. The van der Waals surface area contributed by atoms with E-state index >= 15 is 0 Å².